The number of hydrogen-bond acceptors (Lipinski definition) is 5. The van der Waals surface area contributed by atoms with Crippen LogP contribution < -0.4 is 0 Å². The summed E-state index contributed by atoms with van der Waals surface area (Å²) in [5.41, 5.74) is 9.01. The summed E-state index contributed by atoms with van der Waals surface area (Å²) in [7, 11) is 0. The zero-order chi connectivity index (χ0) is 41.2. The van der Waals surface area contributed by atoms with Crippen molar-refractivity contribution in [2.24, 2.45) is 0 Å². The van der Waals surface area contributed by atoms with Gasteiger partial charge in [-0.25, -0.2) is 15.0 Å². The van der Waals surface area contributed by atoms with Gasteiger partial charge in [-0.1, -0.05) is 133 Å². The lowest BCUT2D eigenvalue weighted by atomic mass is 10.0. The number of rotatable bonds is 4. The fourth-order valence-electron chi connectivity index (χ4n) is 9.88. The molecule has 14 aromatic rings. The molecular weight excluding hydrogens is 773 g/mol. The van der Waals surface area contributed by atoms with Crippen LogP contribution in [0.1, 0.15) is 0 Å². The van der Waals surface area contributed by atoms with Gasteiger partial charge < -0.3 is 13.4 Å². The van der Waals surface area contributed by atoms with E-state index in [0.29, 0.717) is 17.5 Å². The smallest absolute Gasteiger partial charge is 0.164 e. The molecule has 4 heterocycles. The van der Waals surface area contributed by atoms with Crippen LogP contribution in [0.25, 0.3) is 138 Å². The highest BCUT2D eigenvalue weighted by Gasteiger charge is 2.23. The Kier molecular flexibility index (Phi) is 7.02. The van der Waals surface area contributed by atoms with E-state index in [1.807, 2.05) is 42.5 Å². The lowest BCUT2D eigenvalue weighted by molar-refractivity contribution is 0.666. The summed E-state index contributed by atoms with van der Waals surface area (Å²) in [5.74, 6) is 1.73. The Balaban J connectivity index is 1.09. The van der Waals surface area contributed by atoms with Crippen molar-refractivity contribution in [3.05, 3.63) is 194 Å². The van der Waals surface area contributed by atoms with E-state index in [9.17, 15) is 0 Å². The van der Waals surface area contributed by atoms with Crippen LogP contribution in [0, 0.1) is 0 Å². The molecule has 6 nitrogen and oxygen atoms in total. The van der Waals surface area contributed by atoms with E-state index in [-0.39, 0.29) is 0 Å². The van der Waals surface area contributed by atoms with Crippen LogP contribution in [0.5, 0.6) is 0 Å². The van der Waals surface area contributed by atoms with Crippen LogP contribution in [-0.4, -0.2) is 19.5 Å². The largest absolute Gasteiger partial charge is 0.456 e. The third-order valence-corrected chi connectivity index (χ3v) is 12.8. The van der Waals surface area contributed by atoms with Gasteiger partial charge in [0.05, 0.1) is 16.7 Å². The van der Waals surface area contributed by atoms with Crippen molar-refractivity contribution in [2.75, 3.05) is 0 Å². The van der Waals surface area contributed by atoms with E-state index in [0.717, 1.165) is 88.1 Å². The van der Waals surface area contributed by atoms with Crippen molar-refractivity contribution in [3.8, 4) is 39.9 Å². The van der Waals surface area contributed by atoms with Gasteiger partial charge in [-0.2, -0.15) is 0 Å². The van der Waals surface area contributed by atoms with Crippen molar-refractivity contribution >= 4 is 98.0 Å². The molecule has 0 amide bonds. The van der Waals surface area contributed by atoms with E-state index in [1.54, 1.807) is 0 Å². The first kappa shape index (κ1) is 34.1. The number of fused-ring (bicyclic) bond motifs is 13. The molecule has 0 unspecified atom stereocenters. The molecule has 0 radical (unpaired) electrons. The number of aromatic nitrogens is 4. The van der Waals surface area contributed by atoms with E-state index < -0.39 is 0 Å². The maximum Gasteiger partial charge on any atom is 0.164 e. The van der Waals surface area contributed by atoms with Gasteiger partial charge >= 0.3 is 0 Å². The van der Waals surface area contributed by atoms with Gasteiger partial charge in [-0.15, -0.1) is 0 Å². The Hall–Kier alpha value is -8.61. The Morgan fingerprint density at radius 2 is 0.921 bits per heavy atom. The second-order valence-corrected chi connectivity index (χ2v) is 16.3. The molecule has 10 aromatic carbocycles. The number of para-hydroxylation sites is 2. The third-order valence-electron chi connectivity index (χ3n) is 12.8. The van der Waals surface area contributed by atoms with E-state index in [1.165, 1.54) is 32.3 Å². The number of nitrogens with zero attached hydrogens (tertiary/aromatic N) is 4. The Labute approximate surface area is 358 Å². The van der Waals surface area contributed by atoms with Crippen LogP contribution in [-0.2, 0) is 0 Å². The summed E-state index contributed by atoms with van der Waals surface area (Å²) in [6.45, 7) is 0. The van der Waals surface area contributed by atoms with Crippen LogP contribution in [0.4, 0.5) is 0 Å². The van der Waals surface area contributed by atoms with Crippen LogP contribution in [0.15, 0.2) is 203 Å². The zero-order valence-electron chi connectivity index (χ0n) is 33.6. The predicted octanol–water partition coefficient (Wildman–Crippen LogP) is 15.2. The second-order valence-electron chi connectivity index (χ2n) is 16.3. The summed E-state index contributed by atoms with van der Waals surface area (Å²) in [6, 6.07) is 68.0. The highest BCUT2D eigenvalue weighted by Crippen LogP contribution is 2.44. The molecule has 4 aromatic heterocycles. The molecule has 0 bridgehead atoms. The molecular formula is C57H32N4O2. The minimum atomic E-state index is 0.560. The SMILES string of the molecule is c1ccc2cc3c(cc2c1)c1c2ccccc2ccc1n3-c1cc(-c2nc(-c3ccc4oc5ccccc5c4c3)nc(-c3cccc4ccccc34)n2)cc2c1oc1ccccc12. The molecule has 0 saturated carbocycles. The van der Waals surface area contributed by atoms with Crippen molar-refractivity contribution < 1.29 is 8.83 Å². The standard InChI is InChI=1S/C57H32N4O2/c1-2-15-36-31-48-46(28-35(36)14-1)53-40-18-6-4-13-34(40)24-26-47(53)61(48)49-32-38(30-45-42-20-8-10-23-51(42)63-54(45)49)56-58-55(37-25-27-52-44(29-37)41-19-7-9-22-50(41)62-52)59-57(60-56)43-21-11-16-33-12-3-5-17-39(33)43/h1-32H. The lowest BCUT2D eigenvalue weighted by Crippen LogP contribution is -2.02. The number of benzene rings is 10. The Bertz CT molecular complexity index is 4230. The maximum atomic E-state index is 6.89. The molecule has 0 aliphatic rings. The fourth-order valence-corrected chi connectivity index (χ4v) is 9.88. The lowest BCUT2D eigenvalue weighted by Gasteiger charge is -2.13. The minimum Gasteiger partial charge on any atom is -0.456 e. The summed E-state index contributed by atoms with van der Waals surface area (Å²) < 4.78 is 15.5. The van der Waals surface area contributed by atoms with Crippen molar-refractivity contribution in [1.29, 1.82) is 0 Å². The molecule has 0 atom stereocenters. The predicted molar refractivity (Wildman–Crippen MR) is 258 cm³/mol. The minimum absolute atomic E-state index is 0.560. The highest BCUT2D eigenvalue weighted by atomic mass is 16.3. The van der Waals surface area contributed by atoms with Crippen molar-refractivity contribution in [3.63, 3.8) is 0 Å². The average molecular weight is 805 g/mol. The third kappa shape index (κ3) is 5.09. The van der Waals surface area contributed by atoms with Crippen LogP contribution >= 0.6 is 0 Å². The highest BCUT2D eigenvalue weighted by molar-refractivity contribution is 6.24. The maximum absolute atomic E-state index is 6.89. The van der Waals surface area contributed by atoms with E-state index in [2.05, 4.69) is 156 Å². The van der Waals surface area contributed by atoms with Gasteiger partial charge in [0, 0.05) is 49.0 Å². The number of furan rings is 2. The van der Waals surface area contributed by atoms with Crippen molar-refractivity contribution in [1.82, 2.24) is 19.5 Å². The molecule has 0 N–H and O–H groups in total. The molecule has 14 rings (SSSR count). The topological polar surface area (TPSA) is 69.9 Å². The van der Waals surface area contributed by atoms with Crippen LogP contribution in [0.3, 0.4) is 0 Å². The summed E-state index contributed by atoms with van der Waals surface area (Å²) in [5, 5.41) is 13.4. The quantitative estimate of drug-likeness (QED) is 0.177. The number of hydrogen-bond donors (Lipinski definition) is 0. The molecule has 0 saturated heterocycles. The molecule has 0 aliphatic heterocycles. The average Bonchev–Trinajstić information content (AvgIpc) is 4.02. The first-order valence-corrected chi connectivity index (χ1v) is 21.2. The second kappa shape index (κ2) is 12.9. The van der Waals surface area contributed by atoms with Gasteiger partial charge in [-0.3, -0.25) is 0 Å². The zero-order valence-corrected chi connectivity index (χ0v) is 33.6. The molecule has 0 aliphatic carbocycles. The van der Waals surface area contributed by atoms with Gasteiger partial charge in [0.2, 0.25) is 0 Å². The van der Waals surface area contributed by atoms with E-state index >= 15 is 0 Å². The summed E-state index contributed by atoms with van der Waals surface area (Å²) >= 11 is 0. The summed E-state index contributed by atoms with van der Waals surface area (Å²) in [6.07, 6.45) is 0. The van der Waals surface area contributed by atoms with Gasteiger partial charge in [0.1, 0.15) is 16.7 Å². The first-order chi connectivity index (χ1) is 31.2. The van der Waals surface area contributed by atoms with Crippen LogP contribution in [0.2, 0.25) is 0 Å². The first-order valence-electron chi connectivity index (χ1n) is 21.2. The molecule has 0 fully saturated rings. The Morgan fingerprint density at radius 3 is 1.73 bits per heavy atom. The molecule has 6 heteroatoms. The normalized spacial score (nSPS) is 12.1. The van der Waals surface area contributed by atoms with Crippen molar-refractivity contribution in [2.45, 2.75) is 0 Å². The molecule has 63 heavy (non-hydrogen) atoms. The molecule has 292 valence electrons. The summed E-state index contributed by atoms with van der Waals surface area (Å²) in [4.78, 5) is 16.0. The van der Waals surface area contributed by atoms with Gasteiger partial charge in [0.25, 0.3) is 0 Å². The Morgan fingerprint density at radius 1 is 0.333 bits per heavy atom. The fraction of sp³-hybridized carbons (Fsp3) is 0. The van der Waals surface area contributed by atoms with Gasteiger partial charge in [-0.05, 0) is 93.0 Å². The van der Waals surface area contributed by atoms with E-state index in [4.69, 9.17) is 23.8 Å². The molecule has 0 spiro atoms. The monoisotopic (exact) mass is 804 g/mol. The van der Waals surface area contributed by atoms with Gasteiger partial charge in [0.15, 0.2) is 23.1 Å².